The van der Waals surface area contributed by atoms with Gasteiger partial charge in [-0.25, -0.2) is 4.98 Å². The second-order valence-corrected chi connectivity index (χ2v) is 4.36. The second-order valence-electron chi connectivity index (χ2n) is 4.36. The number of nitrogens with zero attached hydrogens (tertiary/aromatic N) is 1. The second kappa shape index (κ2) is 5.98. The van der Waals surface area contributed by atoms with Crippen LogP contribution in [0.15, 0.2) is 18.2 Å². The summed E-state index contributed by atoms with van der Waals surface area (Å²) in [5.41, 5.74) is 1.01. The average molecular weight is 236 g/mol. The Kier molecular flexibility index (Phi) is 4.34. The van der Waals surface area contributed by atoms with E-state index >= 15 is 0 Å². The molecule has 1 aromatic heterocycles. The van der Waals surface area contributed by atoms with Gasteiger partial charge in [-0.2, -0.15) is 0 Å². The smallest absolute Gasteiger partial charge is 0.213 e. The van der Waals surface area contributed by atoms with Crippen molar-refractivity contribution in [2.45, 2.75) is 38.0 Å². The minimum Gasteiger partial charge on any atom is -0.481 e. The van der Waals surface area contributed by atoms with Gasteiger partial charge in [0.15, 0.2) is 0 Å². The van der Waals surface area contributed by atoms with E-state index in [1.165, 1.54) is 12.8 Å². The third-order valence-electron chi connectivity index (χ3n) is 3.29. The summed E-state index contributed by atoms with van der Waals surface area (Å²) in [4.78, 5) is 4.38. The van der Waals surface area contributed by atoms with Gasteiger partial charge in [-0.3, -0.25) is 0 Å². The molecule has 0 spiro atoms. The third-order valence-corrected chi connectivity index (χ3v) is 3.29. The third kappa shape index (κ3) is 3.17. The van der Waals surface area contributed by atoms with Crippen molar-refractivity contribution in [2.24, 2.45) is 0 Å². The molecule has 1 fully saturated rings. The van der Waals surface area contributed by atoms with Crippen LogP contribution in [0.2, 0.25) is 0 Å². The lowest BCUT2D eigenvalue weighted by molar-refractivity contribution is 0.0846. The summed E-state index contributed by atoms with van der Waals surface area (Å²) in [6.45, 7) is 0.766. The van der Waals surface area contributed by atoms with Crippen molar-refractivity contribution < 1.29 is 9.47 Å². The monoisotopic (exact) mass is 236 g/mol. The van der Waals surface area contributed by atoms with Crippen LogP contribution in [0.5, 0.6) is 5.88 Å². The van der Waals surface area contributed by atoms with Crippen LogP contribution in [0.25, 0.3) is 0 Å². The minimum absolute atomic E-state index is 0.348. The van der Waals surface area contributed by atoms with Crippen molar-refractivity contribution in [1.82, 2.24) is 10.3 Å². The number of methoxy groups -OCH3 is 2. The molecule has 1 aromatic rings. The Bertz CT molecular complexity index is 357. The maximum Gasteiger partial charge on any atom is 0.213 e. The van der Waals surface area contributed by atoms with Gasteiger partial charge in [0.05, 0.1) is 18.9 Å². The van der Waals surface area contributed by atoms with Gasteiger partial charge in [0, 0.05) is 25.8 Å². The predicted octanol–water partition coefficient (Wildman–Crippen LogP) is 1.75. The highest BCUT2D eigenvalue weighted by Crippen LogP contribution is 2.21. The molecule has 2 atom stereocenters. The van der Waals surface area contributed by atoms with Gasteiger partial charge in [0.1, 0.15) is 0 Å². The first-order valence-electron chi connectivity index (χ1n) is 6.09. The zero-order valence-corrected chi connectivity index (χ0v) is 10.5. The van der Waals surface area contributed by atoms with E-state index in [0.717, 1.165) is 18.7 Å². The molecule has 1 saturated carbocycles. The summed E-state index contributed by atoms with van der Waals surface area (Å²) < 4.78 is 10.6. The van der Waals surface area contributed by atoms with Crippen LogP contribution in [0.1, 0.15) is 25.0 Å². The van der Waals surface area contributed by atoms with Gasteiger partial charge in [-0.15, -0.1) is 0 Å². The van der Waals surface area contributed by atoms with E-state index in [2.05, 4.69) is 10.3 Å². The van der Waals surface area contributed by atoms with Crippen LogP contribution in [0.3, 0.4) is 0 Å². The quantitative estimate of drug-likeness (QED) is 0.846. The summed E-state index contributed by atoms with van der Waals surface area (Å²) in [6, 6.07) is 6.28. The molecule has 17 heavy (non-hydrogen) atoms. The van der Waals surface area contributed by atoms with Gasteiger partial charge in [-0.05, 0) is 25.3 Å². The lowest BCUT2D eigenvalue weighted by Gasteiger charge is -2.19. The molecule has 2 rings (SSSR count). The predicted molar refractivity (Wildman–Crippen MR) is 66.1 cm³/mol. The molecule has 0 saturated heterocycles. The van der Waals surface area contributed by atoms with E-state index in [0.29, 0.717) is 18.0 Å². The average Bonchev–Trinajstić information content (AvgIpc) is 2.84. The lowest BCUT2D eigenvalue weighted by atomic mass is 10.2. The number of aromatic nitrogens is 1. The Hall–Kier alpha value is -1.13. The molecule has 0 aromatic carbocycles. The van der Waals surface area contributed by atoms with Crippen LogP contribution in [-0.4, -0.2) is 31.3 Å². The van der Waals surface area contributed by atoms with Crippen molar-refractivity contribution >= 4 is 0 Å². The summed E-state index contributed by atoms with van der Waals surface area (Å²) in [7, 11) is 3.42. The normalized spacial score (nSPS) is 23.9. The van der Waals surface area contributed by atoms with E-state index in [9.17, 15) is 0 Å². The molecule has 1 aliphatic rings. The largest absolute Gasteiger partial charge is 0.481 e. The van der Waals surface area contributed by atoms with Gasteiger partial charge < -0.3 is 14.8 Å². The molecule has 0 aliphatic heterocycles. The molecule has 1 heterocycles. The minimum atomic E-state index is 0.348. The van der Waals surface area contributed by atoms with Crippen molar-refractivity contribution in [3.63, 3.8) is 0 Å². The first-order valence-corrected chi connectivity index (χ1v) is 6.09. The van der Waals surface area contributed by atoms with Gasteiger partial charge >= 0.3 is 0 Å². The topological polar surface area (TPSA) is 43.4 Å². The fourth-order valence-corrected chi connectivity index (χ4v) is 2.35. The Labute approximate surface area is 102 Å². The Morgan fingerprint density at radius 1 is 1.35 bits per heavy atom. The fraction of sp³-hybridized carbons (Fsp3) is 0.615. The number of hydrogen-bond donors (Lipinski definition) is 1. The summed E-state index contributed by atoms with van der Waals surface area (Å²) >= 11 is 0. The van der Waals surface area contributed by atoms with Crippen LogP contribution >= 0.6 is 0 Å². The Morgan fingerprint density at radius 3 is 3.00 bits per heavy atom. The van der Waals surface area contributed by atoms with E-state index in [1.807, 2.05) is 18.2 Å². The van der Waals surface area contributed by atoms with E-state index in [1.54, 1.807) is 14.2 Å². The molecule has 0 bridgehead atoms. The van der Waals surface area contributed by atoms with Crippen molar-refractivity contribution in [2.75, 3.05) is 14.2 Å². The first kappa shape index (κ1) is 12.3. The molecular formula is C13H20N2O2. The van der Waals surface area contributed by atoms with Crippen molar-refractivity contribution in [1.29, 1.82) is 0 Å². The van der Waals surface area contributed by atoms with Crippen molar-refractivity contribution in [3.05, 3.63) is 23.9 Å². The zero-order valence-electron chi connectivity index (χ0n) is 10.5. The molecule has 0 amide bonds. The van der Waals surface area contributed by atoms with Crippen LogP contribution < -0.4 is 10.1 Å². The molecule has 4 heteroatoms. The summed E-state index contributed by atoms with van der Waals surface area (Å²) in [5.74, 6) is 0.666. The highest BCUT2D eigenvalue weighted by molar-refractivity contribution is 5.15. The SMILES string of the molecule is COc1cccc(CNC2CCCC2OC)n1. The van der Waals surface area contributed by atoms with E-state index in [4.69, 9.17) is 9.47 Å². The Balaban J connectivity index is 1.88. The fourth-order valence-electron chi connectivity index (χ4n) is 2.35. The van der Waals surface area contributed by atoms with Gasteiger partial charge in [-0.1, -0.05) is 6.07 Å². The maximum absolute atomic E-state index is 5.45. The number of ether oxygens (including phenoxy) is 2. The van der Waals surface area contributed by atoms with Crippen LogP contribution in [-0.2, 0) is 11.3 Å². The molecule has 1 aliphatic carbocycles. The highest BCUT2D eigenvalue weighted by Gasteiger charge is 2.26. The summed E-state index contributed by atoms with van der Waals surface area (Å²) in [6.07, 6.45) is 3.92. The van der Waals surface area contributed by atoms with Gasteiger partial charge in [0.25, 0.3) is 0 Å². The Morgan fingerprint density at radius 2 is 2.24 bits per heavy atom. The summed E-state index contributed by atoms with van der Waals surface area (Å²) in [5, 5.41) is 3.51. The van der Waals surface area contributed by atoms with E-state index in [-0.39, 0.29) is 0 Å². The first-order chi connectivity index (χ1) is 8.33. The highest BCUT2D eigenvalue weighted by atomic mass is 16.5. The van der Waals surface area contributed by atoms with Gasteiger partial charge in [0.2, 0.25) is 5.88 Å². The molecular weight excluding hydrogens is 216 g/mol. The number of rotatable bonds is 5. The van der Waals surface area contributed by atoms with E-state index < -0.39 is 0 Å². The lowest BCUT2D eigenvalue weighted by Crippen LogP contribution is -2.36. The number of nitrogens with one attached hydrogen (secondary N) is 1. The number of pyridine rings is 1. The molecule has 94 valence electrons. The number of hydrogen-bond acceptors (Lipinski definition) is 4. The van der Waals surface area contributed by atoms with Crippen LogP contribution in [0, 0.1) is 0 Å². The van der Waals surface area contributed by atoms with Crippen molar-refractivity contribution in [3.8, 4) is 5.88 Å². The molecule has 2 unspecified atom stereocenters. The molecule has 0 radical (unpaired) electrons. The zero-order chi connectivity index (χ0) is 12.1. The molecule has 1 N–H and O–H groups in total. The maximum atomic E-state index is 5.45. The van der Waals surface area contributed by atoms with Crippen LogP contribution in [0.4, 0.5) is 0 Å². The standard InChI is InChI=1S/C13H20N2O2/c1-16-12-7-4-6-11(12)14-9-10-5-3-8-13(15-10)17-2/h3,5,8,11-12,14H,4,6-7,9H2,1-2H3. The molecule has 4 nitrogen and oxygen atoms in total.